The van der Waals surface area contributed by atoms with E-state index in [1.807, 2.05) is 6.92 Å². The second-order valence-electron chi connectivity index (χ2n) is 3.13. The number of cyclic esters (lactones) is 1. The van der Waals surface area contributed by atoms with Crippen molar-refractivity contribution in [2.75, 3.05) is 0 Å². The molecule has 0 spiro atoms. The lowest BCUT2D eigenvalue weighted by molar-refractivity contribution is -0.208. The number of hydrogen-bond acceptors (Lipinski definition) is 3. The lowest BCUT2D eigenvalue weighted by Crippen LogP contribution is -2.57. The molecule has 11 heavy (non-hydrogen) atoms. The van der Waals surface area contributed by atoms with Crippen LogP contribution < -0.4 is 0 Å². The molecule has 3 heteroatoms. The topological polar surface area (TPSA) is 43.4 Å². The van der Waals surface area contributed by atoms with Crippen molar-refractivity contribution in [3.8, 4) is 0 Å². The maximum absolute atomic E-state index is 10.9. The summed E-state index contributed by atoms with van der Waals surface area (Å²) in [4.78, 5) is 21.7. The van der Waals surface area contributed by atoms with Crippen LogP contribution in [0.15, 0.2) is 0 Å². The summed E-state index contributed by atoms with van der Waals surface area (Å²) in [6, 6.07) is 0. The molecule has 0 aromatic carbocycles. The van der Waals surface area contributed by atoms with Crippen LogP contribution in [-0.4, -0.2) is 17.4 Å². The number of hydrogen-bond donors (Lipinski definition) is 0. The van der Waals surface area contributed by atoms with Gasteiger partial charge in [0.2, 0.25) is 0 Å². The van der Waals surface area contributed by atoms with E-state index in [9.17, 15) is 9.59 Å². The first-order chi connectivity index (χ1) is 5.01. The molecule has 1 saturated heterocycles. The third-order valence-electron chi connectivity index (χ3n) is 2.29. The molecule has 3 nitrogen and oxygen atoms in total. The van der Waals surface area contributed by atoms with E-state index < -0.39 is 11.5 Å². The van der Waals surface area contributed by atoms with Crippen LogP contribution in [0.3, 0.4) is 0 Å². The highest BCUT2D eigenvalue weighted by Crippen LogP contribution is 2.37. The van der Waals surface area contributed by atoms with Gasteiger partial charge >= 0.3 is 5.97 Å². The fraction of sp³-hybridized carbons (Fsp3) is 0.750. The van der Waals surface area contributed by atoms with E-state index >= 15 is 0 Å². The van der Waals surface area contributed by atoms with Crippen molar-refractivity contribution in [1.29, 1.82) is 0 Å². The molecule has 1 aliphatic rings. The predicted molar refractivity (Wildman–Crippen MR) is 39.0 cm³/mol. The SMILES string of the molecule is CCC1(C)OC(=O)C1C(C)=O. The molecule has 1 rings (SSSR count). The number of ether oxygens (including phenoxy) is 1. The van der Waals surface area contributed by atoms with Crippen molar-refractivity contribution in [3.63, 3.8) is 0 Å². The Labute approximate surface area is 65.7 Å². The maximum atomic E-state index is 10.9. The van der Waals surface area contributed by atoms with E-state index in [1.54, 1.807) is 6.92 Å². The number of carbonyl (C=O) groups excluding carboxylic acids is 2. The molecule has 0 aromatic rings. The molecule has 2 atom stereocenters. The van der Waals surface area contributed by atoms with Gasteiger partial charge in [-0.15, -0.1) is 0 Å². The summed E-state index contributed by atoms with van der Waals surface area (Å²) < 4.78 is 4.89. The van der Waals surface area contributed by atoms with Crippen molar-refractivity contribution in [2.24, 2.45) is 5.92 Å². The van der Waals surface area contributed by atoms with Crippen LogP contribution in [-0.2, 0) is 14.3 Å². The van der Waals surface area contributed by atoms with Gasteiger partial charge in [0.05, 0.1) is 0 Å². The zero-order valence-corrected chi connectivity index (χ0v) is 7.01. The van der Waals surface area contributed by atoms with Gasteiger partial charge in [0.15, 0.2) is 5.92 Å². The molecule has 1 aliphatic heterocycles. The highest BCUT2D eigenvalue weighted by atomic mass is 16.6. The quantitative estimate of drug-likeness (QED) is 0.441. The van der Waals surface area contributed by atoms with E-state index in [0.29, 0.717) is 6.42 Å². The van der Waals surface area contributed by atoms with Crippen LogP contribution in [0.5, 0.6) is 0 Å². The Balaban J connectivity index is 2.76. The number of ketones is 1. The van der Waals surface area contributed by atoms with Crippen LogP contribution in [0.2, 0.25) is 0 Å². The van der Waals surface area contributed by atoms with Crippen molar-refractivity contribution in [3.05, 3.63) is 0 Å². The highest BCUT2D eigenvalue weighted by Gasteiger charge is 2.54. The maximum Gasteiger partial charge on any atom is 0.321 e. The second-order valence-corrected chi connectivity index (χ2v) is 3.13. The zero-order valence-electron chi connectivity index (χ0n) is 7.01. The summed E-state index contributed by atoms with van der Waals surface area (Å²) in [5.41, 5.74) is -0.525. The van der Waals surface area contributed by atoms with E-state index in [-0.39, 0.29) is 11.8 Å². The first-order valence-corrected chi connectivity index (χ1v) is 3.74. The van der Waals surface area contributed by atoms with Crippen molar-refractivity contribution < 1.29 is 14.3 Å². The lowest BCUT2D eigenvalue weighted by atomic mass is 9.79. The minimum absolute atomic E-state index is 0.0920. The van der Waals surface area contributed by atoms with Gasteiger partial charge in [0, 0.05) is 0 Å². The molecule has 1 fully saturated rings. The minimum Gasteiger partial charge on any atom is -0.457 e. The number of Topliss-reactive ketones (excluding diaryl/α,β-unsaturated/α-hetero) is 1. The average molecular weight is 156 g/mol. The van der Waals surface area contributed by atoms with Crippen LogP contribution in [0.4, 0.5) is 0 Å². The molecule has 62 valence electrons. The monoisotopic (exact) mass is 156 g/mol. The summed E-state index contributed by atoms with van der Waals surface area (Å²) in [6.45, 7) is 5.13. The average Bonchev–Trinajstić information content (AvgIpc) is 1.84. The summed E-state index contributed by atoms with van der Waals surface area (Å²) >= 11 is 0. The number of rotatable bonds is 2. The zero-order chi connectivity index (χ0) is 8.65. The fourth-order valence-electron chi connectivity index (χ4n) is 1.41. The molecular weight excluding hydrogens is 144 g/mol. The Morgan fingerprint density at radius 1 is 1.73 bits per heavy atom. The Bertz CT molecular complexity index is 201. The Hall–Kier alpha value is -0.860. The fourth-order valence-corrected chi connectivity index (χ4v) is 1.41. The van der Waals surface area contributed by atoms with Crippen molar-refractivity contribution in [2.45, 2.75) is 32.8 Å². The molecule has 1 heterocycles. The van der Waals surface area contributed by atoms with Crippen molar-refractivity contribution in [1.82, 2.24) is 0 Å². The molecular formula is C8H12O3. The van der Waals surface area contributed by atoms with E-state index in [0.717, 1.165) is 0 Å². The van der Waals surface area contributed by atoms with Gasteiger partial charge in [0.25, 0.3) is 0 Å². The van der Waals surface area contributed by atoms with Gasteiger partial charge in [-0.2, -0.15) is 0 Å². The second kappa shape index (κ2) is 2.32. The number of esters is 1. The normalized spacial score (nSPS) is 35.9. The van der Waals surface area contributed by atoms with Crippen molar-refractivity contribution >= 4 is 11.8 Å². The first-order valence-electron chi connectivity index (χ1n) is 3.74. The summed E-state index contributed by atoms with van der Waals surface area (Å²) in [6.07, 6.45) is 0.697. The smallest absolute Gasteiger partial charge is 0.321 e. The molecule has 0 aromatic heterocycles. The van der Waals surface area contributed by atoms with Crippen LogP contribution in [0.1, 0.15) is 27.2 Å². The highest BCUT2D eigenvalue weighted by molar-refractivity contribution is 6.02. The molecule has 2 unspecified atom stereocenters. The molecule has 0 radical (unpaired) electrons. The predicted octanol–water partition coefficient (Wildman–Crippen LogP) is 0.917. The van der Waals surface area contributed by atoms with E-state index in [1.165, 1.54) is 6.92 Å². The lowest BCUT2D eigenvalue weighted by Gasteiger charge is -2.43. The molecule has 0 saturated carbocycles. The van der Waals surface area contributed by atoms with Gasteiger partial charge in [-0.05, 0) is 20.3 Å². The van der Waals surface area contributed by atoms with Gasteiger partial charge in [-0.1, -0.05) is 6.92 Å². The van der Waals surface area contributed by atoms with Crippen LogP contribution in [0, 0.1) is 5.92 Å². The van der Waals surface area contributed by atoms with Crippen LogP contribution in [0.25, 0.3) is 0 Å². The van der Waals surface area contributed by atoms with Crippen LogP contribution >= 0.6 is 0 Å². The number of carbonyl (C=O) groups is 2. The minimum atomic E-state index is -0.525. The Morgan fingerprint density at radius 2 is 2.27 bits per heavy atom. The molecule has 0 bridgehead atoms. The first kappa shape index (κ1) is 8.24. The largest absolute Gasteiger partial charge is 0.457 e. The van der Waals surface area contributed by atoms with E-state index in [2.05, 4.69) is 0 Å². The van der Waals surface area contributed by atoms with Gasteiger partial charge in [-0.25, -0.2) is 0 Å². The molecule has 0 amide bonds. The molecule has 0 N–H and O–H groups in total. The Kier molecular flexibility index (Phi) is 1.74. The van der Waals surface area contributed by atoms with Gasteiger partial charge < -0.3 is 4.74 Å². The van der Waals surface area contributed by atoms with Gasteiger partial charge in [-0.3, -0.25) is 9.59 Å². The third-order valence-corrected chi connectivity index (χ3v) is 2.29. The molecule has 0 aliphatic carbocycles. The summed E-state index contributed by atoms with van der Waals surface area (Å²) in [5.74, 6) is -0.986. The van der Waals surface area contributed by atoms with Gasteiger partial charge in [0.1, 0.15) is 11.4 Å². The summed E-state index contributed by atoms with van der Waals surface area (Å²) in [7, 11) is 0. The standard InChI is InChI=1S/C8H12O3/c1-4-8(3)6(5(2)9)7(10)11-8/h6H,4H2,1-3H3. The Morgan fingerprint density at radius 3 is 2.45 bits per heavy atom. The summed E-state index contributed by atoms with van der Waals surface area (Å²) in [5, 5.41) is 0. The third kappa shape index (κ3) is 1.04. The van der Waals surface area contributed by atoms with E-state index in [4.69, 9.17) is 4.74 Å².